The smallest absolute Gasteiger partial charge is 0.333 e. The molecule has 0 amide bonds. The number of hydrogen-bond donors (Lipinski definition) is 2. The number of aryl methyl sites for hydroxylation is 1. The summed E-state index contributed by atoms with van der Waals surface area (Å²) in [6.07, 6.45) is 1.27. The van der Waals surface area contributed by atoms with Gasteiger partial charge in [-0.1, -0.05) is 35.6 Å². The Labute approximate surface area is 172 Å². The Morgan fingerprint density at radius 3 is 2.54 bits per heavy atom. The summed E-state index contributed by atoms with van der Waals surface area (Å²) in [7, 11) is 0. The van der Waals surface area contributed by atoms with E-state index in [1.54, 1.807) is 6.07 Å². The molecule has 28 heavy (non-hydrogen) atoms. The van der Waals surface area contributed by atoms with Crippen molar-refractivity contribution in [2.45, 2.75) is 6.92 Å². The Kier molecular flexibility index (Phi) is 4.88. The van der Waals surface area contributed by atoms with Gasteiger partial charge in [-0.05, 0) is 46.6 Å². The molecule has 2 aromatic carbocycles. The van der Waals surface area contributed by atoms with E-state index in [1.165, 1.54) is 17.7 Å². The van der Waals surface area contributed by atoms with Crippen LogP contribution in [0.25, 0.3) is 10.2 Å². The highest BCUT2D eigenvalue weighted by molar-refractivity contribution is 9.10. The van der Waals surface area contributed by atoms with Gasteiger partial charge in [0, 0.05) is 4.47 Å². The summed E-state index contributed by atoms with van der Waals surface area (Å²) in [5.74, 6) is 0.165. The highest BCUT2D eigenvalue weighted by Gasteiger charge is 2.24. The molecular weight excluding hydrogens is 444 g/mol. The molecule has 0 atom stereocenters. The SMILES string of the molecule is Cc1cccc2sc(Nc3ncnc(Nc4ccccc4Br)c3[N+](=O)[O-])nc12. The third-order valence-electron chi connectivity index (χ3n) is 3.98. The average molecular weight is 457 g/mol. The van der Waals surface area contributed by atoms with Gasteiger partial charge in [0.05, 0.1) is 20.8 Å². The number of anilines is 4. The Hall–Kier alpha value is -3.11. The van der Waals surface area contributed by atoms with Gasteiger partial charge in [-0.25, -0.2) is 15.0 Å². The predicted octanol–water partition coefficient (Wildman–Crippen LogP) is 5.55. The van der Waals surface area contributed by atoms with Crippen LogP contribution in [0.1, 0.15) is 5.56 Å². The maximum Gasteiger partial charge on any atom is 0.353 e. The standard InChI is InChI=1S/C18H13BrN6O2S/c1-10-5-4-8-13-14(10)23-18(28-13)24-17-15(25(26)27)16(20-9-21-17)22-12-7-3-2-6-11(12)19/h2-9H,1H3,(H2,20,21,22,23,24). The number of halogens is 1. The lowest BCUT2D eigenvalue weighted by molar-refractivity contribution is -0.383. The van der Waals surface area contributed by atoms with Crippen molar-refractivity contribution in [1.29, 1.82) is 0 Å². The van der Waals surface area contributed by atoms with E-state index < -0.39 is 4.92 Å². The molecule has 4 rings (SSSR count). The van der Waals surface area contributed by atoms with Crippen LogP contribution in [0.2, 0.25) is 0 Å². The van der Waals surface area contributed by atoms with Gasteiger partial charge in [-0.15, -0.1) is 0 Å². The van der Waals surface area contributed by atoms with Crippen molar-refractivity contribution < 1.29 is 4.92 Å². The van der Waals surface area contributed by atoms with Crippen molar-refractivity contribution in [1.82, 2.24) is 15.0 Å². The van der Waals surface area contributed by atoms with Crippen LogP contribution in [0.3, 0.4) is 0 Å². The Bertz CT molecular complexity index is 1200. The summed E-state index contributed by atoms with van der Waals surface area (Å²) in [4.78, 5) is 23.9. The minimum Gasteiger partial charge on any atom is -0.333 e. The van der Waals surface area contributed by atoms with Crippen LogP contribution in [-0.2, 0) is 0 Å². The molecule has 0 spiro atoms. The molecule has 0 aliphatic heterocycles. The average Bonchev–Trinajstić information content (AvgIpc) is 3.07. The third kappa shape index (κ3) is 3.51. The van der Waals surface area contributed by atoms with Crippen molar-refractivity contribution in [3.63, 3.8) is 0 Å². The van der Waals surface area contributed by atoms with Gasteiger partial charge in [-0.3, -0.25) is 10.1 Å². The van der Waals surface area contributed by atoms with Crippen molar-refractivity contribution >= 4 is 65.6 Å². The van der Waals surface area contributed by atoms with Gasteiger partial charge in [-0.2, -0.15) is 0 Å². The molecular formula is C18H13BrN6O2S. The van der Waals surface area contributed by atoms with Crippen LogP contribution in [0.4, 0.5) is 28.1 Å². The van der Waals surface area contributed by atoms with E-state index in [-0.39, 0.29) is 17.3 Å². The maximum absolute atomic E-state index is 11.8. The quantitative estimate of drug-likeness (QED) is 0.299. The van der Waals surface area contributed by atoms with E-state index >= 15 is 0 Å². The normalized spacial score (nSPS) is 10.8. The summed E-state index contributed by atoms with van der Waals surface area (Å²) < 4.78 is 1.75. The number of nitrogens with one attached hydrogen (secondary N) is 2. The number of para-hydroxylation sites is 2. The molecule has 0 aliphatic carbocycles. The van der Waals surface area contributed by atoms with Crippen LogP contribution < -0.4 is 10.6 Å². The zero-order valence-corrected chi connectivity index (χ0v) is 16.9. The number of aromatic nitrogens is 3. The molecule has 2 N–H and O–H groups in total. The van der Waals surface area contributed by atoms with Crippen molar-refractivity contribution in [2.24, 2.45) is 0 Å². The molecule has 0 unspecified atom stereocenters. The summed E-state index contributed by atoms with van der Waals surface area (Å²) >= 11 is 4.82. The molecule has 4 aromatic rings. The van der Waals surface area contributed by atoms with E-state index in [2.05, 4.69) is 41.5 Å². The predicted molar refractivity (Wildman–Crippen MR) is 114 cm³/mol. The Morgan fingerprint density at radius 1 is 1.07 bits per heavy atom. The first-order chi connectivity index (χ1) is 13.5. The topological polar surface area (TPSA) is 106 Å². The molecule has 8 nitrogen and oxygen atoms in total. The molecule has 2 heterocycles. The first-order valence-electron chi connectivity index (χ1n) is 8.17. The highest BCUT2D eigenvalue weighted by Crippen LogP contribution is 2.36. The molecule has 0 saturated heterocycles. The zero-order chi connectivity index (χ0) is 19.7. The first kappa shape index (κ1) is 18.3. The number of fused-ring (bicyclic) bond motifs is 1. The monoisotopic (exact) mass is 456 g/mol. The lowest BCUT2D eigenvalue weighted by Crippen LogP contribution is -2.05. The number of nitro groups is 1. The van der Waals surface area contributed by atoms with Crippen molar-refractivity contribution in [2.75, 3.05) is 10.6 Å². The van der Waals surface area contributed by atoms with Crippen LogP contribution in [0, 0.1) is 17.0 Å². The van der Waals surface area contributed by atoms with Crippen molar-refractivity contribution in [3.05, 3.63) is 68.9 Å². The third-order valence-corrected chi connectivity index (χ3v) is 5.61. The first-order valence-corrected chi connectivity index (χ1v) is 9.78. The van der Waals surface area contributed by atoms with Gasteiger partial charge in [0.25, 0.3) is 0 Å². The minimum atomic E-state index is -0.514. The van der Waals surface area contributed by atoms with E-state index in [9.17, 15) is 10.1 Å². The van der Waals surface area contributed by atoms with E-state index in [0.29, 0.717) is 10.8 Å². The van der Waals surface area contributed by atoms with E-state index in [0.717, 1.165) is 20.3 Å². The number of rotatable bonds is 5. The fraction of sp³-hybridized carbons (Fsp3) is 0.0556. The second kappa shape index (κ2) is 7.49. The van der Waals surface area contributed by atoms with Crippen LogP contribution >= 0.6 is 27.3 Å². The summed E-state index contributed by atoms with van der Waals surface area (Å²) in [5, 5.41) is 18.2. The number of hydrogen-bond acceptors (Lipinski definition) is 8. The zero-order valence-electron chi connectivity index (χ0n) is 14.5. The molecule has 0 saturated carbocycles. The van der Waals surface area contributed by atoms with Crippen LogP contribution in [0.15, 0.2) is 53.3 Å². The lowest BCUT2D eigenvalue weighted by atomic mass is 10.2. The summed E-state index contributed by atoms with van der Waals surface area (Å²) in [6.45, 7) is 1.97. The van der Waals surface area contributed by atoms with Crippen LogP contribution in [-0.4, -0.2) is 19.9 Å². The van der Waals surface area contributed by atoms with E-state index in [4.69, 9.17) is 0 Å². The van der Waals surface area contributed by atoms with Gasteiger partial charge in [0.1, 0.15) is 6.33 Å². The Balaban J connectivity index is 1.73. The van der Waals surface area contributed by atoms with Crippen molar-refractivity contribution in [3.8, 4) is 0 Å². The van der Waals surface area contributed by atoms with Gasteiger partial charge in [0.15, 0.2) is 5.13 Å². The van der Waals surface area contributed by atoms with E-state index in [1.807, 2.05) is 43.3 Å². The molecule has 0 aliphatic rings. The lowest BCUT2D eigenvalue weighted by Gasteiger charge is -2.10. The van der Waals surface area contributed by atoms with Gasteiger partial charge < -0.3 is 10.6 Å². The fourth-order valence-corrected chi connectivity index (χ4v) is 3.99. The maximum atomic E-state index is 11.8. The second-order valence-corrected chi connectivity index (χ2v) is 7.73. The molecule has 10 heteroatoms. The summed E-state index contributed by atoms with van der Waals surface area (Å²) in [5.41, 5.74) is 2.30. The molecule has 0 bridgehead atoms. The van der Waals surface area contributed by atoms with Gasteiger partial charge in [0.2, 0.25) is 11.6 Å². The fourth-order valence-electron chi connectivity index (χ4n) is 2.67. The number of thiazole rings is 1. The Morgan fingerprint density at radius 2 is 1.82 bits per heavy atom. The highest BCUT2D eigenvalue weighted by atomic mass is 79.9. The summed E-state index contributed by atoms with van der Waals surface area (Å²) in [6, 6.07) is 13.2. The second-order valence-electron chi connectivity index (χ2n) is 5.85. The van der Waals surface area contributed by atoms with Crippen LogP contribution in [0.5, 0.6) is 0 Å². The minimum absolute atomic E-state index is 0.0752. The molecule has 0 fully saturated rings. The molecule has 140 valence electrons. The number of nitrogens with zero attached hydrogens (tertiary/aromatic N) is 4. The largest absolute Gasteiger partial charge is 0.353 e. The van der Waals surface area contributed by atoms with Gasteiger partial charge >= 0.3 is 5.69 Å². The molecule has 2 aromatic heterocycles. The molecule has 0 radical (unpaired) electrons. The number of benzene rings is 2.